The van der Waals surface area contributed by atoms with Gasteiger partial charge in [0.05, 0.1) is 12.2 Å². The number of aliphatic hydroxyl groups excluding tert-OH is 1. The van der Waals surface area contributed by atoms with Gasteiger partial charge in [0.2, 0.25) is 0 Å². The maximum atomic E-state index is 10.3. The summed E-state index contributed by atoms with van der Waals surface area (Å²) in [6.07, 6.45) is 6.58. The summed E-state index contributed by atoms with van der Waals surface area (Å²) in [6.45, 7) is 2.43. The molecule has 7 rings (SSSR count). The lowest BCUT2D eigenvalue weighted by Gasteiger charge is -2.42. The Morgan fingerprint density at radius 1 is 0.968 bits per heavy atom. The normalized spacial score (nSPS) is 28.1. The van der Waals surface area contributed by atoms with Crippen LogP contribution in [0.1, 0.15) is 84.3 Å². The van der Waals surface area contributed by atoms with Crippen molar-refractivity contribution in [3.63, 3.8) is 0 Å². The van der Waals surface area contributed by atoms with Crippen molar-refractivity contribution in [1.82, 2.24) is 0 Å². The molecule has 1 aliphatic carbocycles. The van der Waals surface area contributed by atoms with E-state index >= 15 is 0 Å². The van der Waals surface area contributed by atoms with Gasteiger partial charge in [0, 0.05) is 38.7 Å². The number of benzene rings is 2. The van der Waals surface area contributed by atoms with Gasteiger partial charge in [-0.15, -0.1) is 0 Å². The molecule has 4 aliphatic heterocycles. The van der Waals surface area contributed by atoms with Crippen LogP contribution >= 0.6 is 0 Å². The molecular weight excluding hydrogens is 386 g/mol. The molecule has 4 heteroatoms. The highest BCUT2D eigenvalue weighted by Gasteiger charge is 2.32. The monoisotopic (exact) mass is 419 g/mol. The predicted octanol–water partition coefficient (Wildman–Crippen LogP) is 5.04. The number of hydrogen-bond donors (Lipinski definition) is 1. The molecule has 0 radical (unpaired) electrons. The van der Waals surface area contributed by atoms with Crippen molar-refractivity contribution in [3.8, 4) is 0 Å². The lowest BCUT2D eigenvalue weighted by molar-refractivity contribution is -0.205. The Bertz CT molecular complexity index is 961. The van der Waals surface area contributed by atoms with E-state index in [1.54, 1.807) is 12.7 Å². The molecule has 4 heterocycles. The summed E-state index contributed by atoms with van der Waals surface area (Å²) >= 11 is 0. The molecule has 1 saturated carbocycles. The largest absolute Gasteiger partial charge is 0.393 e. The molecule has 31 heavy (non-hydrogen) atoms. The lowest BCUT2D eigenvalue weighted by Crippen LogP contribution is -2.38. The topological polar surface area (TPSA) is 41.9 Å². The van der Waals surface area contributed by atoms with Gasteiger partial charge in [-0.2, -0.15) is 0 Å². The number of nitrogens with zero attached hydrogens (tertiary/aromatic N) is 1. The molecule has 0 aromatic heterocycles. The number of anilines is 1. The van der Waals surface area contributed by atoms with Crippen LogP contribution in [-0.4, -0.2) is 37.7 Å². The quantitative estimate of drug-likeness (QED) is 0.737. The lowest BCUT2D eigenvalue weighted by atomic mass is 9.82. The third kappa shape index (κ3) is 3.79. The van der Waals surface area contributed by atoms with E-state index in [0.29, 0.717) is 18.8 Å². The first-order valence-electron chi connectivity index (χ1n) is 12.0. The smallest absolute Gasteiger partial charge is 0.160 e. The highest BCUT2D eigenvalue weighted by Crippen LogP contribution is 2.45. The maximum absolute atomic E-state index is 10.3. The van der Waals surface area contributed by atoms with Gasteiger partial charge in [0.1, 0.15) is 0 Å². The maximum Gasteiger partial charge on any atom is 0.160 e. The van der Waals surface area contributed by atoms with E-state index in [-0.39, 0.29) is 18.5 Å². The molecule has 0 spiro atoms. The molecular formula is C27H33NO3. The fraction of sp³-hybridized carbons (Fsp3) is 0.556. The Hall–Kier alpha value is -1.88. The number of aliphatic hydroxyl groups is 1. The number of piperidine rings is 1. The molecule has 2 aromatic carbocycles. The average molecular weight is 420 g/mol. The van der Waals surface area contributed by atoms with E-state index in [2.05, 4.69) is 41.3 Å². The SMILES string of the molecule is CO[C@@H]1C[C@H](O)C[C@H](c2ccc(C3CC3)c(Cc3ccc4c(c3)N3CCC4CC3)c2)O1. The molecule has 0 amide bonds. The van der Waals surface area contributed by atoms with Crippen LogP contribution in [0.15, 0.2) is 36.4 Å². The van der Waals surface area contributed by atoms with Gasteiger partial charge >= 0.3 is 0 Å². The van der Waals surface area contributed by atoms with Crippen LogP contribution in [0.4, 0.5) is 5.69 Å². The summed E-state index contributed by atoms with van der Waals surface area (Å²) in [4.78, 5) is 2.58. The Kier molecular flexibility index (Phi) is 5.05. The van der Waals surface area contributed by atoms with Gasteiger partial charge in [-0.05, 0) is 77.8 Å². The highest BCUT2D eigenvalue weighted by molar-refractivity contribution is 5.61. The third-order valence-electron chi connectivity index (χ3n) is 7.85. The second-order valence-electron chi connectivity index (χ2n) is 9.98. The zero-order valence-corrected chi connectivity index (χ0v) is 18.4. The fourth-order valence-corrected chi connectivity index (χ4v) is 5.97. The van der Waals surface area contributed by atoms with Crippen LogP contribution in [0.2, 0.25) is 0 Å². The Labute approximate surface area is 185 Å². The summed E-state index contributed by atoms with van der Waals surface area (Å²) in [5.74, 6) is 1.48. The third-order valence-corrected chi connectivity index (χ3v) is 7.85. The van der Waals surface area contributed by atoms with E-state index in [0.717, 1.165) is 12.3 Å². The fourth-order valence-electron chi connectivity index (χ4n) is 5.97. The van der Waals surface area contributed by atoms with Gasteiger partial charge in [-0.25, -0.2) is 0 Å². The summed E-state index contributed by atoms with van der Waals surface area (Å²) in [5, 5.41) is 10.3. The van der Waals surface area contributed by atoms with E-state index in [1.165, 1.54) is 66.7 Å². The van der Waals surface area contributed by atoms with E-state index in [4.69, 9.17) is 9.47 Å². The summed E-state index contributed by atoms with van der Waals surface area (Å²) in [7, 11) is 1.65. The number of rotatable bonds is 5. The van der Waals surface area contributed by atoms with Crippen LogP contribution in [0, 0.1) is 0 Å². The second-order valence-corrected chi connectivity index (χ2v) is 9.98. The van der Waals surface area contributed by atoms with Crippen molar-refractivity contribution in [2.45, 2.75) is 75.3 Å². The molecule has 2 saturated heterocycles. The van der Waals surface area contributed by atoms with Gasteiger partial charge in [-0.3, -0.25) is 0 Å². The number of ether oxygens (including phenoxy) is 2. The standard InChI is InChI=1S/C27H33NO3/c1-30-27-16-22(29)15-26(31-27)20-5-7-23(18-3-4-18)21(14-20)12-17-2-6-24-19-8-10-28(11-9-19)25(24)13-17/h2,5-7,13-14,18-19,22,26-27,29H,3-4,8-12,15-16H2,1H3/t22-,26-,27+/m1/s1. The molecule has 5 aliphatic rings. The minimum Gasteiger partial charge on any atom is -0.393 e. The predicted molar refractivity (Wildman–Crippen MR) is 122 cm³/mol. The molecule has 0 unspecified atom stereocenters. The number of methoxy groups -OCH3 is 1. The zero-order chi connectivity index (χ0) is 20.9. The molecule has 3 fully saturated rings. The van der Waals surface area contributed by atoms with Crippen LogP contribution in [0.25, 0.3) is 0 Å². The first-order valence-corrected chi connectivity index (χ1v) is 12.0. The van der Waals surface area contributed by atoms with E-state index < -0.39 is 0 Å². The Morgan fingerprint density at radius 2 is 1.74 bits per heavy atom. The minimum absolute atomic E-state index is 0.105. The number of fused-ring (bicyclic) bond motifs is 2. The van der Waals surface area contributed by atoms with Crippen molar-refractivity contribution < 1.29 is 14.6 Å². The van der Waals surface area contributed by atoms with Crippen LogP contribution in [0.3, 0.4) is 0 Å². The van der Waals surface area contributed by atoms with Crippen LogP contribution in [-0.2, 0) is 15.9 Å². The molecule has 4 nitrogen and oxygen atoms in total. The second kappa shape index (κ2) is 7.91. The highest BCUT2D eigenvalue weighted by atomic mass is 16.7. The van der Waals surface area contributed by atoms with Gasteiger partial charge < -0.3 is 19.5 Å². The van der Waals surface area contributed by atoms with Crippen molar-refractivity contribution in [1.29, 1.82) is 0 Å². The number of hydrogen-bond acceptors (Lipinski definition) is 4. The zero-order valence-electron chi connectivity index (χ0n) is 18.4. The molecule has 164 valence electrons. The van der Waals surface area contributed by atoms with Gasteiger partial charge in [0.15, 0.2) is 6.29 Å². The van der Waals surface area contributed by atoms with E-state index in [1.807, 2.05) is 0 Å². The van der Waals surface area contributed by atoms with Gasteiger partial charge in [-0.1, -0.05) is 30.3 Å². The summed E-state index contributed by atoms with van der Waals surface area (Å²) in [5.41, 5.74) is 8.54. The van der Waals surface area contributed by atoms with Crippen LogP contribution in [0.5, 0.6) is 0 Å². The van der Waals surface area contributed by atoms with Crippen molar-refractivity contribution in [2.75, 3.05) is 25.1 Å². The minimum atomic E-state index is -0.375. The molecule has 1 N–H and O–H groups in total. The average Bonchev–Trinajstić information content (AvgIpc) is 3.65. The molecule has 2 aromatic rings. The molecule has 2 bridgehead atoms. The Balaban J connectivity index is 1.30. The van der Waals surface area contributed by atoms with Crippen molar-refractivity contribution in [2.24, 2.45) is 0 Å². The summed E-state index contributed by atoms with van der Waals surface area (Å²) in [6, 6.07) is 14.1. The van der Waals surface area contributed by atoms with E-state index in [9.17, 15) is 5.11 Å². The van der Waals surface area contributed by atoms with Crippen molar-refractivity contribution >= 4 is 5.69 Å². The Morgan fingerprint density at radius 3 is 2.52 bits per heavy atom. The summed E-state index contributed by atoms with van der Waals surface area (Å²) < 4.78 is 11.5. The van der Waals surface area contributed by atoms with Crippen LogP contribution < -0.4 is 4.90 Å². The van der Waals surface area contributed by atoms with Crippen molar-refractivity contribution in [3.05, 3.63) is 64.2 Å². The molecule has 3 atom stereocenters. The first kappa shape index (κ1) is 19.8. The van der Waals surface area contributed by atoms with Gasteiger partial charge in [0.25, 0.3) is 0 Å². The first-order chi connectivity index (χ1) is 15.2.